The number of halogens is 1. The number of benzene rings is 3. The van der Waals surface area contributed by atoms with Gasteiger partial charge in [-0.15, -0.1) is 0 Å². The van der Waals surface area contributed by atoms with Gasteiger partial charge in [0.2, 0.25) is 11.8 Å². The fourth-order valence-electron chi connectivity index (χ4n) is 9.91. The lowest BCUT2D eigenvalue weighted by Gasteiger charge is -2.39. The van der Waals surface area contributed by atoms with Crippen LogP contribution in [0.5, 0.6) is 0 Å². The van der Waals surface area contributed by atoms with Crippen molar-refractivity contribution in [2.75, 3.05) is 90.4 Å². The number of fused-ring (bicyclic) bond motifs is 1. The van der Waals surface area contributed by atoms with E-state index in [0.29, 0.717) is 92.4 Å². The van der Waals surface area contributed by atoms with Crippen LogP contribution in [0.25, 0.3) is 21.9 Å². The molecule has 0 aliphatic carbocycles. The fourth-order valence-corrected chi connectivity index (χ4v) is 9.91. The van der Waals surface area contributed by atoms with Crippen molar-refractivity contribution >= 4 is 40.1 Å². The summed E-state index contributed by atoms with van der Waals surface area (Å²) in [6.07, 6.45) is 6.48. The second-order valence-corrected chi connectivity index (χ2v) is 19.1. The number of amides is 4. The van der Waals surface area contributed by atoms with Crippen LogP contribution in [0.15, 0.2) is 96.1 Å². The van der Waals surface area contributed by atoms with E-state index >= 15 is 4.39 Å². The van der Waals surface area contributed by atoms with Crippen molar-refractivity contribution in [2.45, 2.75) is 46.1 Å². The predicted molar refractivity (Wildman–Crippen MR) is 272 cm³/mol. The number of anilines is 1. The van der Waals surface area contributed by atoms with Crippen molar-refractivity contribution in [2.24, 2.45) is 5.92 Å². The highest BCUT2D eigenvalue weighted by molar-refractivity contribution is 6.03. The van der Waals surface area contributed by atoms with Gasteiger partial charge in [-0.1, -0.05) is 55.5 Å². The first-order chi connectivity index (χ1) is 35.0. The third-order valence-electron chi connectivity index (χ3n) is 14.0. The Morgan fingerprint density at radius 3 is 2.25 bits per heavy atom. The lowest BCUT2D eigenvalue weighted by molar-refractivity contribution is -0.134. The van der Waals surface area contributed by atoms with Gasteiger partial charge < -0.3 is 25.3 Å². The molecule has 6 heterocycles. The topological polar surface area (TPSA) is 193 Å². The Morgan fingerprint density at radius 2 is 1.49 bits per heavy atom. The van der Waals surface area contributed by atoms with E-state index in [2.05, 4.69) is 64.9 Å². The van der Waals surface area contributed by atoms with E-state index in [9.17, 15) is 24.0 Å². The molecule has 0 saturated carbocycles. The molecule has 3 aromatic heterocycles. The number of aryl methyl sites for hydroxylation is 2. The van der Waals surface area contributed by atoms with Crippen molar-refractivity contribution in [3.63, 3.8) is 0 Å². The summed E-state index contributed by atoms with van der Waals surface area (Å²) in [7, 11) is 0. The number of nitrogens with zero attached hydrogens (tertiary/aromatic N) is 9. The molecular weight excluding hydrogens is 916 g/mol. The quantitative estimate of drug-likeness (QED) is 0.130. The number of carbonyl (C=O) groups excluding carboxylic acids is 4. The molecule has 3 aromatic carbocycles. The molecular formula is C54H61FN12O5. The number of aromatic amines is 1. The molecule has 17 nitrogen and oxygen atoms in total. The summed E-state index contributed by atoms with van der Waals surface area (Å²) in [5, 5.41) is 22.2. The Balaban J connectivity index is 0.722. The Labute approximate surface area is 417 Å². The van der Waals surface area contributed by atoms with Crippen molar-refractivity contribution in [3.05, 3.63) is 147 Å². The molecule has 6 aromatic rings. The summed E-state index contributed by atoms with van der Waals surface area (Å²) in [6, 6.07) is 23.5. The number of piperidine rings is 1. The third-order valence-corrected chi connectivity index (χ3v) is 14.0. The van der Waals surface area contributed by atoms with Gasteiger partial charge in [-0.25, -0.2) is 14.5 Å². The molecule has 72 heavy (non-hydrogen) atoms. The van der Waals surface area contributed by atoms with E-state index < -0.39 is 11.7 Å². The van der Waals surface area contributed by atoms with Crippen LogP contribution in [0.4, 0.5) is 10.1 Å². The zero-order chi connectivity index (χ0) is 50.1. The van der Waals surface area contributed by atoms with E-state index in [4.69, 9.17) is 0 Å². The van der Waals surface area contributed by atoms with Gasteiger partial charge in [-0.05, 0) is 97.8 Å². The Bertz CT molecular complexity index is 3000. The van der Waals surface area contributed by atoms with Crippen molar-refractivity contribution in [1.82, 2.24) is 55.2 Å². The molecule has 3 saturated heterocycles. The zero-order valence-electron chi connectivity index (χ0n) is 40.9. The largest absolute Gasteiger partial charge is 0.338 e. The molecule has 0 atom stereocenters. The van der Waals surface area contributed by atoms with E-state index in [1.165, 1.54) is 11.6 Å². The molecule has 3 aliphatic rings. The second kappa shape index (κ2) is 22.9. The smallest absolute Gasteiger partial charge is 0.274 e. The van der Waals surface area contributed by atoms with Crippen LogP contribution in [0.2, 0.25) is 0 Å². The summed E-state index contributed by atoms with van der Waals surface area (Å²) in [4.78, 5) is 81.3. The summed E-state index contributed by atoms with van der Waals surface area (Å²) in [5.41, 5.74) is 6.21. The standard InChI is InChI=1S/C54H61FN12O5/c1-3-37-7-6-8-40(26-37)41-29-48(59-49(68)33-56-32-42-25-36(2)30-58-60-42)51(57-31-41)54(72)67-19-17-64(18-20-67)34-38-13-15-63(16-14-38)35-50(69)65-21-23-66(24-22-65)53(71)45-27-39(11-12-46(45)55)28-47-43-9-4-5-10-44(43)52(70)62-61-47/h4-12,25-27,29-31,38,56H,3,13-24,28,32-35H2,1-2H3,(H,59,68)(H,62,70). The number of piperazine rings is 2. The molecule has 374 valence electrons. The number of rotatable bonds is 15. The van der Waals surface area contributed by atoms with Gasteiger partial charge in [0.05, 0.1) is 47.3 Å². The van der Waals surface area contributed by atoms with Gasteiger partial charge in [0.15, 0.2) is 5.69 Å². The van der Waals surface area contributed by atoms with Gasteiger partial charge in [-0.3, -0.25) is 33.8 Å². The van der Waals surface area contributed by atoms with Crippen LogP contribution in [-0.4, -0.2) is 159 Å². The van der Waals surface area contributed by atoms with Crippen LogP contribution < -0.4 is 16.2 Å². The molecule has 3 aliphatic heterocycles. The molecule has 0 unspecified atom stereocenters. The minimum atomic E-state index is -0.612. The van der Waals surface area contributed by atoms with E-state index in [0.717, 1.165) is 74.4 Å². The molecule has 9 rings (SSSR count). The first-order valence-corrected chi connectivity index (χ1v) is 24.9. The van der Waals surface area contributed by atoms with Gasteiger partial charge in [-0.2, -0.15) is 15.3 Å². The number of hydrogen-bond acceptors (Lipinski definition) is 12. The summed E-state index contributed by atoms with van der Waals surface area (Å²) in [5.74, 6) is -1.06. The SMILES string of the molecule is CCc1cccc(-c2cnc(C(=O)N3CCN(CC4CCN(CC(=O)N5CCN(C(=O)c6cc(Cc7n[nH]c(=O)c8ccccc78)ccc6F)CC5)CC4)CC3)c(NC(=O)CNCc3cc(C)cnn3)c2)c1. The number of H-pyrrole nitrogens is 1. The van der Waals surface area contributed by atoms with Crippen LogP contribution in [0, 0.1) is 18.7 Å². The van der Waals surface area contributed by atoms with E-state index in [1.54, 1.807) is 46.5 Å². The average Bonchev–Trinajstić information content (AvgIpc) is 3.40. The second-order valence-electron chi connectivity index (χ2n) is 19.1. The fraction of sp³-hybridized carbons (Fsp3) is 0.389. The first-order valence-electron chi connectivity index (χ1n) is 24.9. The number of hydrogen-bond donors (Lipinski definition) is 3. The Kier molecular flexibility index (Phi) is 15.8. The molecule has 0 radical (unpaired) electrons. The normalized spacial score (nSPS) is 16.0. The maximum atomic E-state index is 15.1. The Morgan fingerprint density at radius 1 is 0.750 bits per heavy atom. The van der Waals surface area contributed by atoms with Gasteiger partial charge in [0, 0.05) is 89.0 Å². The van der Waals surface area contributed by atoms with Gasteiger partial charge in [0.25, 0.3) is 17.4 Å². The van der Waals surface area contributed by atoms with Crippen molar-refractivity contribution in [1.29, 1.82) is 0 Å². The highest BCUT2D eigenvalue weighted by Crippen LogP contribution is 2.28. The Hall–Kier alpha value is -7.28. The van der Waals surface area contributed by atoms with Crippen LogP contribution >= 0.6 is 0 Å². The van der Waals surface area contributed by atoms with E-state index in [-0.39, 0.29) is 41.1 Å². The predicted octanol–water partition coefficient (Wildman–Crippen LogP) is 4.56. The molecule has 0 spiro atoms. The lowest BCUT2D eigenvalue weighted by Crippen LogP contribution is -2.53. The highest BCUT2D eigenvalue weighted by Gasteiger charge is 2.31. The lowest BCUT2D eigenvalue weighted by atomic mass is 9.96. The minimum absolute atomic E-state index is 0.00935. The number of aromatic nitrogens is 5. The number of carbonyl (C=O) groups is 4. The van der Waals surface area contributed by atoms with E-state index in [1.807, 2.05) is 48.2 Å². The maximum Gasteiger partial charge on any atom is 0.274 e. The van der Waals surface area contributed by atoms with Crippen molar-refractivity contribution < 1.29 is 23.6 Å². The molecule has 4 amide bonds. The van der Waals surface area contributed by atoms with Crippen molar-refractivity contribution in [3.8, 4) is 11.1 Å². The molecule has 3 N–H and O–H groups in total. The highest BCUT2D eigenvalue weighted by atomic mass is 19.1. The number of nitrogens with one attached hydrogen (secondary N) is 3. The van der Waals surface area contributed by atoms with Crippen LogP contribution in [0.3, 0.4) is 0 Å². The summed E-state index contributed by atoms with van der Waals surface area (Å²) < 4.78 is 15.1. The monoisotopic (exact) mass is 976 g/mol. The average molecular weight is 977 g/mol. The van der Waals surface area contributed by atoms with Crippen LogP contribution in [0.1, 0.15) is 68.7 Å². The zero-order valence-corrected chi connectivity index (χ0v) is 40.9. The van der Waals surface area contributed by atoms with Crippen LogP contribution in [-0.2, 0) is 29.0 Å². The van der Waals surface area contributed by atoms with Gasteiger partial charge >= 0.3 is 0 Å². The molecule has 3 fully saturated rings. The van der Waals surface area contributed by atoms with Gasteiger partial charge in [0.1, 0.15) is 5.82 Å². The summed E-state index contributed by atoms with van der Waals surface area (Å²) >= 11 is 0. The molecule has 18 heteroatoms. The number of likely N-dealkylation sites (tertiary alicyclic amines) is 1. The third kappa shape index (κ3) is 12.1. The number of pyridine rings is 1. The summed E-state index contributed by atoms with van der Waals surface area (Å²) in [6.45, 7) is 11.1. The molecule has 0 bridgehead atoms. The minimum Gasteiger partial charge on any atom is -0.338 e. The first kappa shape index (κ1) is 49.7. The maximum absolute atomic E-state index is 15.1.